The number of aromatic nitrogens is 2. The van der Waals surface area contributed by atoms with Crippen LogP contribution in [0.3, 0.4) is 0 Å². The Kier molecular flexibility index (Phi) is 5.85. The summed E-state index contributed by atoms with van der Waals surface area (Å²) in [6, 6.07) is 5.19. The quantitative estimate of drug-likeness (QED) is 0.478. The van der Waals surface area contributed by atoms with Crippen LogP contribution in [-0.2, 0) is 9.53 Å². The predicted molar refractivity (Wildman–Crippen MR) is 97.1 cm³/mol. The Balaban J connectivity index is 1.68. The SMILES string of the molecule is COC(=O)CCCCCNC(=O)c1cc(-c2ccco2)nc2onc(C)c12. The zero-order chi connectivity index (χ0) is 19.2. The van der Waals surface area contributed by atoms with Gasteiger partial charge in [0.25, 0.3) is 11.6 Å². The average molecular weight is 371 g/mol. The lowest BCUT2D eigenvalue weighted by Gasteiger charge is -2.07. The standard InChI is InChI=1S/C19H21N3O5/c1-12-17-13(18(24)20-9-5-3-4-8-16(23)25-2)11-14(15-7-6-10-26-15)21-19(17)27-22-12/h6-7,10-11H,3-5,8-9H2,1-2H3,(H,20,24). The number of hydrogen-bond donors (Lipinski definition) is 1. The first kappa shape index (κ1) is 18.6. The first-order valence-corrected chi connectivity index (χ1v) is 8.76. The molecule has 8 nitrogen and oxygen atoms in total. The highest BCUT2D eigenvalue weighted by atomic mass is 16.5. The summed E-state index contributed by atoms with van der Waals surface area (Å²) >= 11 is 0. The van der Waals surface area contributed by atoms with Gasteiger partial charge in [-0.2, -0.15) is 0 Å². The Morgan fingerprint density at radius 1 is 1.26 bits per heavy atom. The molecule has 0 unspecified atom stereocenters. The number of carbonyl (C=O) groups is 2. The molecule has 0 aromatic carbocycles. The van der Waals surface area contributed by atoms with Gasteiger partial charge in [0.1, 0.15) is 5.69 Å². The number of nitrogens with zero attached hydrogens (tertiary/aromatic N) is 2. The topological polar surface area (TPSA) is 107 Å². The van der Waals surface area contributed by atoms with Crippen LogP contribution >= 0.6 is 0 Å². The van der Waals surface area contributed by atoms with Crippen molar-refractivity contribution in [2.75, 3.05) is 13.7 Å². The molecule has 27 heavy (non-hydrogen) atoms. The fraction of sp³-hybridized carbons (Fsp3) is 0.368. The number of hydrogen-bond acceptors (Lipinski definition) is 7. The number of esters is 1. The number of ether oxygens (including phenoxy) is 1. The zero-order valence-electron chi connectivity index (χ0n) is 15.3. The van der Waals surface area contributed by atoms with Crippen molar-refractivity contribution in [3.05, 3.63) is 35.7 Å². The number of rotatable bonds is 8. The number of carbonyl (C=O) groups excluding carboxylic acids is 2. The van der Waals surface area contributed by atoms with Crippen LogP contribution in [0.2, 0.25) is 0 Å². The van der Waals surface area contributed by atoms with Crippen molar-refractivity contribution in [3.63, 3.8) is 0 Å². The van der Waals surface area contributed by atoms with E-state index < -0.39 is 0 Å². The van der Waals surface area contributed by atoms with E-state index in [1.165, 1.54) is 7.11 Å². The number of unbranched alkanes of at least 4 members (excludes halogenated alkanes) is 2. The van der Waals surface area contributed by atoms with Gasteiger partial charge in [-0.15, -0.1) is 0 Å². The first-order valence-electron chi connectivity index (χ1n) is 8.76. The van der Waals surface area contributed by atoms with E-state index in [4.69, 9.17) is 8.94 Å². The van der Waals surface area contributed by atoms with E-state index >= 15 is 0 Å². The van der Waals surface area contributed by atoms with E-state index in [0.29, 0.717) is 46.8 Å². The highest BCUT2D eigenvalue weighted by Gasteiger charge is 2.19. The number of pyridine rings is 1. The van der Waals surface area contributed by atoms with Crippen LogP contribution in [0.5, 0.6) is 0 Å². The van der Waals surface area contributed by atoms with E-state index in [0.717, 1.165) is 19.3 Å². The lowest BCUT2D eigenvalue weighted by molar-refractivity contribution is -0.140. The molecule has 142 valence electrons. The minimum Gasteiger partial charge on any atom is -0.469 e. The molecular weight excluding hydrogens is 350 g/mol. The summed E-state index contributed by atoms with van der Waals surface area (Å²) in [4.78, 5) is 28.2. The summed E-state index contributed by atoms with van der Waals surface area (Å²) in [6.45, 7) is 2.27. The molecule has 0 atom stereocenters. The van der Waals surface area contributed by atoms with Crippen LogP contribution in [0.15, 0.2) is 33.4 Å². The van der Waals surface area contributed by atoms with Crippen LogP contribution in [-0.4, -0.2) is 35.7 Å². The van der Waals surface area contributed by atoms with E-state index in [1.807, 2.05) is 0 Å². The van der Waals surface area contributed by atoms with Crippen LogP contribution in [0.4, 0.5) is 0 Å². The van der Waals surface area contributed by atoms with Crippen molar-refractivity contribution in [1.29, 1.82) is 0 Å². The molecule has 0 spiro atoms. The molecule has 0 aliphatic heterocycles. The molecule has 1 N–H and O–H groups in total. The second-order valence-corrected chi connectivity index (χ2v) is 6.12. The highest BCUT2D eigenvalue weighted by molar-refractivity contribution is 6.06. The van der Waals surface area contributed by atoms with Gasteiger partial charge in [0.2, 0.25) is 0 Å². The molecule has 0 bridgehead atoms. The van der Waals surface area contributed by atoms with E-state index in [2.05, 4.69) is 20.2 Å². The fourth-order valence-corrected chi connectivity index (χ4v) is 2.79. The Morgan fingerprint density at radius 3 is 2.85 bits per heavy atom. The van der Waals surface area contributed by atoms with Crippen LogP contribution in [0, 0.1) is 6.92 Å². The molecule has 3 rings (SSSR count). The first-order chi connectivity index (χ1) is 13.1. The molecule has 0 radical (unpaired) electrons. The molecule has 8 heteroatoms. The molecule has 3 aromatic heterocycles. The lowest BCUT2D eigenvalue weighted by Crippen LogP contribution is -2.25. The van der Waals surface area contributed by atoms with Gasteiger partial charge in [-0.05, 0) is 38.0 Å². The van der Waals surface area contributed by atoms with Gasteiger partial charge in [0, 0.05) is 13.0 Å². The number of methoxy groups -OCH3 is 1. The van der Waals surface area contributed by atoms with E-state index in [1.54, 1.807) is 31.4 Å². The normalized spacial score (nSPS) is 10.9. The highest BCUT2D eigenvalue weighted by Crippen LogP contribution is 2.27. The van der Waals surface area contributed by atoms with Crippen molar-refractivity contribution in [2.45, 2.75) is 32.6 Å². The van der Waals surface area contributed by atoms with Gasteiger partial charge in [0.05, 0.1) is 30.0 Å². The molecule has 1 amide bonds. The molecule has 0 saturated carbocycles. The Labute approximate surface area is 155 Å². The van der Waals surface area contributed by atoms with Crippen molar-refractivity contribution >= 4 is 23.0 Å². The molecule has 0 aliphatic carbocycles. The van der Waals surface area contributed by atoms with E-state index in [-0.39, 0.29) is 11.9 Å². The largest absolute Gasteiger partial charge is 0.469 e. The van der Waals surface area contributed by atoms with Gasteiger partial charge < -0.3 is 19.0 Å². The third kappa shape index (κ3) is 4.33. The maximum Gasteiger partial charge on any atom is 0.305 e. The van der Waals surface area contributed by atoms with Gasteiger partial charge in [-0.3, -0.25) is 9.59 Å². The maximum atomic E-state index is 12.7. The molecule has 0 saturated heterocycles. The number of nitrogens with one attached hydrogen (secondary N) is 1. The van der Waals surface area contributed by atoms with Crippen LogP contribution in [0.1, 0.15) is 41.7 Å². The smallest absolute Gasteiger partial charge is 0.305 e. The van der Waals surface area contributed by atoms with Gasteiger partial charge >= 0.3 is 5.97 Å². The van der Waals surface area contributed by atoms with E-state index in [9.17, 15) is 9.59 Å². The minimum absolute atomic E-state index is 0.216. The lowest BCUT2D eigenvalue weighted by atomic mass is 10.1. The summed E-state index contributed by atoms with van der Waals surface area (Å²) in [5, 5.41) is 7.41. The van der Waals surface area contributed by atoms with Crippen LogP contribution < -0.4 is 5.32 Å². The number of amides is 1. The van der Waals surface area contributed by atoms with Crippen molar-refractivity contribution in [2.24, 2.45) is 0 Å². The number of fused-ring (bicyclic) bond motifs is 1. The Hall–Kier alpha value is -3.16. The summed E-state index contributed by atoms with van der Waals surface area (Å²) in [5.41, 5.74) is 1.85. The molecule has 0 fully saturated rings. The van der Waals surface area contributed by atoms with Crippen LogP contribution in [0.25, 0.3) is 22.6 Å². The Bertz CT molecular complexity index is 930. The molecule has 0 aliphatic rings. The van der Waals surface area contributed by atoms with Gasteiger partial charge in [0.15, 0.2) is 5.76 Å². The predicted octanol–water partition coefficient (Wildman–Crippen LogP) is 3.25. The third-order valence-corrected chi connectivity index (χ3v) is 4.21. The zero-order valence-corrected chi connectivity index (χ0v) is 15.3. The second kappa shape index (κ2) is 8.48. The Morgan fingerprint density at radius 2 is 2.11 bits per heavy atom. The monoisotopic (exact) mass is 371 g/mol. The fourth-order valence-electron chi connectivity index (χ4n) is 2.79. The minimum atomic E-state index is -0.227. The van der Waals surface area contributed by atoms with Gasteiger partial charge in [-0.25, -0.2) is 4.98 Å². The number of furan rings is 1. The van der Waals surface area contributed by atoms with Crippen molar-refractivity contribution < 1.29 is 23.3 Å². The van der Waals surface area contributed by atoms with Crippen molar-refractivity contribution in [1.82, 2.24) is 15.5 Å². The van der Waals surface area contributed by atoms with Crippen molar-refractivity contribution in [3.8, 4) is 11.5 Å². The molecule has 3 heterocycles. The number of aryl methyl sites for hydroxylation is 1. The summed E-state index contributed by atoms with van der Waals surface area (Å²) in [6.07, 6.45) is 4.26. The average Bonchev–Trinajstić information content (AvgIpc) is 3.33. The molecular formula is C19H21N3O5. The van der Waals surface area contributed by atoms with Gasteiger partial charge in [-0.1, -0.05) is 11.6 Å². The molecule has 3 aromatic rings. The third-order valence-electron chi connectivity index (χ3n) is 4.21. The summed E-state index contributed by atoms with van der Waals surface area (Å²) < 4.78 is 15.2. The summed E-state index contributed by atoms with van der Waals surface area (Å²) in [5.74, 6) is 0.101. The maximum absolute atomic E-state index is 12.7. The second-order valence-electron chi connectivity index (χ2n) is 6.12. The summed E-state index contributed by atoms with van der Waals surface area (Å²) in [7, 11) is 1.38.